The molecule has 0 bridgehead atoms. The van der Waals surface area contributed by atoms with E-state index in [1.54, 1.807) is 12.1 Å². The van der Waals surface area contributed by atoms with Crippen molar-refractivity contribution in [3.05, 3.63) is 54.1 Å². The molecule has 0 saturated carbocycles. The Morgan fingerprint density at radius 3 is 2.28 bits per heavy atom. The Labute approximate surface area is 140 Å². The number of ether oxygens (including phenoxy) is 2. The van der Waals surface area contributed by atoms with E-state index in [1.165, 1.54) is 24.3 Å². The van der Waals surface area contributed by atoms with Crippen LogP contribution >= 0.6 is 0 Å². The molecule has 0 unspecified atom stereocenters. The Hall–Kier alpha value is -3.23. The first kappa shape index (κ1) is 18.1. The van der Waals surface area contributed by atoms with Crippen molar-refractivity contribution in [3.63, 3.8) is 0 Å². The molecule has 0 aliphatic carbocycles. The lowest BCUT2D eigenvalue weighted by Crippen LogP contribution is -2.21. The number of alkyl halides is 3. The zero-order chi connectivity index (χ0) is 18.4. The van der Waals surface area contributed by atoms with Crippen LogP contribution in [0.1, 0.15) is 10.4 Å². The summed E-state index contributed by atoms with van der Waals surface area (Å²) in [6, 6.07) is 10.8. The molecule has 9 heteroatoms. The second-order valence-electron chi connectivity index (χ2n) is 4.78. The number of para-hydroxylation sites is 1. The molecule has 0 fully saturated rings. The summed E-state index contributed by atoms with van der Waals surface area (Å²) in [7, 11) is 0. The van der Waals surface area contributed by atoms with Crippen LogP contribution in [0.5, 0.6) is 11.5 Å². The number of halogens is 3. The predicted molar refractivity (Wildman–Crippen MR) is 82.2 cm³/mol. The third-order valence-corrected chi connectivity index (χ3v) is 2.85. The molecule has 132 valence electrons. The van der Waals surface area contributed by atoms with Gasteiger partial charge in [-0.2, -0.15) is 0 Å². The molecule has 2 aromatic rings. The van der Waals surface area contributed by atoms with E-state index in [-0.39, 0.29) is 17.0 Å². The Balaban J connectivity index is 2.08. The van der Waals surface area contributed by atoms with Gasteiger partial charge in [-0.1, -0.05) is 12.1 Å². The molecule has 6 nitrogen and oxygen atoms in total. The van der Waals surface area contributed by atoms with Gasteiger partial charge in [0, 0.05) is 5.69 Å². The third-order valence-electron chi connectivity index (χ3n) is 2.85. The minimum Gasteiger partial charge on any atom is -0.483 e. The quantitative estimate of drug-likeness (QED) is 0.834. The van der Waals surface area contributed by atoms with E-state index in [0.29, 0.717) is 0 Å². The third kappa shape index (κ3) is 5.72. The van der Waals surface area contributed by atoms with Gasteiger partial charge in [0.1, 0.15) is 11.5 Å². The number of carbonyl (C=O) groups is 2. The van der Waals surface area contributed by atoms with Gasteiger partial charge in [0.25, 0.3) is 11.8 Å². The number of benzene rings is 2. The standard InChI is InChI=1S/C16H13F3N2O4/c17-16(18,19)25-11-7-5-10(6-8-11)21-15(23)12-3-1-2-4-13(12)24-9-14(20)22/h1-8H,9H2,(H2,20,22)(H,21,23). The van der Waals surface area contributed by atoms with Crippen LogP contribution in [0.4, 0.5) is 18.9 Å². The monoisotopic (exact) mass is 354 g/mol. The summed E-state index contributed by atoms with van der Waals surface area (Å²) < 4.78 is 45.2. The lowest BCUT2D eigenvalue weighted by molar-refractivity contribution is -0.274. The topological polar surface area (TPSA) is 90.7 Å². The summed E-state index contributed by atoms with van der Waals surface area (Å²) in [6.45, 7) is -0.395. The van der Waals surface area contributed by atoms with Crippen LogP contribution in [0.15, 0.2) is 48.5 Å². The molecular weight excluding hydrogens is 341 g/mol. The van der Waals surface area contributed by atoms with Crippen molar-refractivity contribution in [1.82, 2.24) is 0 Å². The number of carbonyl (C=O) groups excluding carboxylic acids is 2. The Bertz CT molecular complexity index is 761. The van der Waals surface area contributed by atoms with Gasteiger partial charge in [0.2, 0.25) is 0 Å². The first-order valence-corrected chi connectivity index (χ1v) is 6.92. The lowest BCUT2D eigenvalue weighted by Gasteiger charge is -2.12. The minimum atomic E-state index is -4.79. The maximum atomic E-state index is 12.3. The molecular formula is C16H13F3N2O4. The Morgan fingerprint density at radius 1 is 1.04 bits per heavy atom. The molecule has 3 N–H and O–H groups in total. The molecule has 2 aromatic carbocycles. The highest BCUT2D eigenvalue weighted by Gasteiger charge is 2.31. The van der Waals surface area contributed by atoms with Gasteiger partial charge < -0.3 is 20.5 Å². The van der Waals surface area contributed by atoms with Gasteiger partial charge in [-0.05, 0) is 36.4 Å². The predicted octanol–water partition coefficient (Wildman–Crippen LogP) is 2.70. The molecule has 0 atom stereocenters. The average molecular weight is 354 g/mol. The molecule has 0 aromatic heterocycles. The number of nitrogens with one attached hydrogen (secondary N) is 1. The van der Waals surface area contributed by atoms with Crippen molar-refractivity contribution in [2.24, 2.45) is 5.73 Å². The number of amides is 2. The van der Waals surface area contributed by atoms with E-state index in [4.69, 9.17) is 10.5 Å². The molecule has 25 heavy (non-hydrogen) atoms. The molecule has 0 aliphatic heterocycles. The molecule has 2 amide bonds. The molecule has 0 aliphatic rings. The summed E-state index contributed by atoms with van der Waals surface area (Å²) in [5.74, 6) is -1.52. The fourth-order valence-electron chi connectivity index (χ4n) is 1.87. The van der Waals surface area contributed by atoms with Gasteiger partial charge in [-0.3, -0.25) is 9.59 Å². The highest BCUT2D eigenvalue weighted by Crippen LogP contribution is 2.25. The van der Waals surface area contributed by atoms with E-state index in [2.05, 4.69) is 10.1 Å². The smallest absolute Gasteiger partial charge is 0.483 e. The second kappa shape index (κ2) is 7.56. The van der Waals surface area contributed by atoms with E-state index in [0.717, 1.165) is 12.1 Å². The first-order valence-electron chi connectivity index (χ1n) is 6.92. The second-order valence-corrected chi connectivity index (χ2v) is 4.78. The number of anilines is 1. The molecule has 2 rings (SSSR count). The van der Waals surface area contributed by atoms with E-state index in [9.17, 15) is 22.8 Å². The maximum Gasteiger partial charge on any atom is 0.573 e. The summed E-state index contributed by atoms with van der Waals surface area (Å²) in [4.78, 5) is 23.1. The van der Waals surface area contributed by atoms with E-state index >= 15 is 0 Å². The summed E-state index contributed by atoms with van der Waals surface area (Å²) in [6.07, 6.45) is -4.79. The van der Waals surface area contributed by atoms with Crippen LogP contribution in [-0.4, -0.2) is 24.8 Å². The largest absolute Gasteiger partial charge is 0.573 e. The van der Waals surface area contributed by atoms with Crippen LogP contribution in [-0.2, 0) is 4.79 Å². The summed E-state index contributed by atoms with van der Waals surface area (Å²) in [5, 5.41) is 2.50. The van der Waals surface area contributed by atoms with Crippen molar-refractivity contribution in [2.45, 2.75) is 6.36 Å². The van der Waals surface area contributed by atoms with Crippen molar-refractivity contribution in [2.75, 3.05) is 11.9 Å². The number of hydrogen-bond donors (Lipinski definition) is 2. The van der Waals surface area contributed by atoms with Crippen molar-refractivity contribution < 1.29 is 32.2 Å². The van der Waals surface area contributed by atoms with Crippen LogP contribution < -0.4 is 20.5 Å². The van der Waals surface area contributed by atoms with Crippen molar-refractivity contribution in [1.29, 1.82) is 0 Å². The fraction of sp³-hybridized carbons (Fsp3) is 0.125. The number of hydrogen-bond acceptors (Lipinski definition) is 4. The van der Waals surface area contributed by atoms with Gasteiger partial charge in [-0.15, -0.1) is 13.2 Å². The summed E-state index contributed by atoms with van der Waals surface area (Å²) >= 11 is 0. The number of rotatable bonds is 6. The number of primary amides is 1. The Kier molecular flexibility index (Phi) is 5.48. The summed E-state index contributed by atoms with van der Waals surface area (Å²) in [5.41, 5.74) is 5.38. The zero-order valence-electron chi connectivity index (χ0n) is 12.7. The van der Waals surface area contributed by atoms with Gasteiger partial charge in [0.05, 0.1) is 5.56 Å². The lowest BCUT2D eigenvalue weighted by atomic mass is 10.2. The first-order chi connectivity index (χ1) is 11.7. The number of nitrogens with two attached hydrogens (primary N) is 1. The molecule has 0 spiro atoms. The molecule has 0 heterocycles. The molecule has 0 saturated heterocycles. The SMILES string of the molecule is NC(=O)COc1ccccc1C(=O)Nc1ccc(OC(F)(F)F)cc1. The minimum absolute atomic E-state index is 0.138. The van der Waals surface area contributed by atoms with Gasteiger partial charge in [0.15, 0.2) is 6.61 Å². The zero-order valence-corrected chi connectivity index (χ0v) is 12.7. The maximum absolute atomic E-state index is 12.3. The van der Waals surface area contributed by atoms with Crippen LogP contribution in [0, 0.1) is 0 Å². The van der Waals surface area contributed by atoms with Crippen molar-refractivity contribution >= 4 is 17.5 Å². The van der Waals surface area contributed by atoms with Crippen LogP contribution in [0.2, 0.25) is 0 Å². The van der Waals surface area contributed by atoms with Gasteiger partial charge in [-0.25, -0.2) is 0 Å². The fourth-order valence-corrected chi connectivity index (χ4v) is 1.87. The van der Waals surface area contributed by atoms with E-state index < -0.39 is 30.5 Å². The van der Waals surface area contributed by atoms with Gasteiger partial charge >= 0.3 is 6.36 Å². The molecule has 0 radical (unpaired) electrons. The van der Waals surface area contributed by atoms with Crippen LogP contribution in [0.25, 0.3) is 0 Å². The highest BCUT2D eigenvalue weighted by molar-refractivity contribution is 6.06. The average Bonchev–Trinajstić information content (AvgIpc) is 2.53. The van der Waals surface area contributed by atoms with E-state index in [1.807, 2.05) is 0 Å². The highest BCUT2D eigenvalue weighted by atomic mass is 19.4. The normalized spacial score (nSPS) is 10.8. The van der Waals surface area contributed by atoms with Crippen molar-refractivity contribution in [3.8, 4) is 11.5 Å². The Morgan fingerprint density at radius 2 is 1.68 bits per heavy atom. The van der Waals surface area contributed by atoms with Crippen LogP contribution in [0.3, 0.4) is 0 Å².